The molecule has 1 aliphatic heterocycles. The van der Waals surface area contributed by atoms with Crippen molar-refractivity contribution in [1.82, 2.24) is 5.32 Å². The molecule has 4 nitrogen and oxygen atoms in total. The number of para-hydroxylation sites is 2. The van der Waals surface area contributed by atoms with Crippen molar-refractivity contribution < 1.29 is 13.9 Å². The lowest BCUT2D eigenvalue weighted by molar-refractivity contribution is -0.120. The van der Waals surface area contributed by atoms with Crippen LogP contribution in [-0.2, 0) is 11.2 Å². The number of carbonyl (C=O) groups excluding carboxylic acids is 1. The molecule has 3 rings (SSSR count). The molecule has 2 aromatic carbocycles. The zero-order valence-corrected chi connectivity index (χ0v) is 14.4. The van der Waals surface area contributed by atoms with Crippen molar-refractivity contribution in [3.05, 3.63) is 59.9 Å². The minimum atomic E-state index is -0.333. The monoisotopic (exact) mass is 342 g/mol. The van der Waals surface area contributed by atoms with Crippen molar-refractivity contribution in [3.63, 3.8) is 0 Å². The first-order chi connectivity index (χ1) is 12.2. The van der Waals surface area contributed by atoms with Crippen molar-refractivity contribution in [2.75, 3.05) is 31.6 Å². The van der Waals surface area contributed by atoms with E-state index in [9.17, 15) is 9.18 Å². The SMILES string of the molecule is COc1ccccc1N1CCC(CNC(=O)Cc2ccccc2F)C1. The van der Waals surface area contributed by atoms with E-state index in [1.807, 2.05) is 18.2 Å². The van der Waals surface area contributed by atoms with E-state index in [0.29, 0.717) is 18.0 Å². The first-order valence-corrected chi connectivity index (χ1v) is 8.55. The van der Waals surface area contributed by atoms with Crippen LogP contribution in [0.2, 0.25) is 0 Å². The Balaban J connectivity index is 1.50. The highest BCUT2D eigenvalue weighted by Gasteiger charge is 2.24. The minimum absolute atomic E-state index is 0.0790. The fourth-order valence-electron chi connectivity index (χ4n) is 3.24. The van der Waals surface area contributed by atoms with Gasteiger partial charge in [-0.15, -0.1) is 0 Å². The van der Waals surface area contributed by atoms with Crippen LogP contribution in [0.15, 0.2) is 48.5 Å². The predicted octanol–water partition coefficient (Wildman–Crippen LogP) is 3.02. The second-order valence-corrected chi connectivity index (χ2v) is 6.34. The van der Waals surface area contributed by atoms with Gasteiger partial charge in [0.15, 0.2) is 0 Å². The van der Waals surface area contributed by atoms with Crippen LogP contribution in [0.5, 0.6) is 5.75 Å². The molecule has 1 amide bonds. The third-order valence-corrected chi connectivity index (χ3v) is 4.61. The topological polar surface area (TPSA) is 41.6 Å². The van der Waals surface area contributed by atoms with E-state index in [1.165, 1.54) is 6.07 Å². The molecule has 0 spiro atoms. The second kappa shape index (κ2) is 8.01. The molecule has 1 N–H and O–H groups in total. The summed E-state index contributed by atoms with van der Waals surface area (Å²) in [4.78, 5) is 14.3. The van der Waals surface area contributed by atoms with Crippen molar-refractivity contribution in [1.29, 1.82) is 0 Å². The normalized spacial score (nSPS) is 16.7. The zero-order chi connectivity index (χ0) is 17.6. The maximum Gasteiger partial charge on any atom is 0.224 e. The summed E-state index contributed by atoms with van der Waals surface area (Å²) in [6.45, 7) is 2.42. The van der Waals surface area contributed by atoms with Gasteiger partial charge in [0.25, 0.3) is 0 Å². The number of anilines is 1. The molecule has 132 valence electrons. The number of hydrogen-bond acceptors (Lipinski definition) is 3. The van der Waals surface area contributed by atoms with Crippen LogP contribution >= 0.6 is 0 Å². The number of methoxy groups -OCH3 is 1. The van der Waals surface area contributed by atoms with Crippen LogP contribution in [0.3, 0.4) is 0 Å². The van der Waals surface area contributed by atoms with Gasteiger partial charge in [0.2, 0.25) is 5.91 Å². The van der Waals surface area contributed by atoms with E-state index in [2.05, 4.69) is 16.3 Å². The number of nitrogens with zero attached hydrogens (tertiary/aromatic N) is 1. The van der Waals surface area contributed by atoms with Gasteiger partial charge in [-0.2, -0.15) is 0 Å². The maximum atomic E-state index is 13.6. The highest BCUT2D eigenvalue weighted by atomic mass is 19.1. The molecule has 0 aliphatic carbocycles. The minimum Gasteiger partial charge on any atom is -0.495 e. The van der Waals surface area contributed by atoms with E-state index in [-0.39, 0.29) is 18.1 Å². The Hall–Kier alpha value is -2.56. The van der Waals surface area contributed by atoms with Gasteiger partial charge in [0, 0.05) is 19.6 Å². The number of amides is 1. The van der Waals surface area contributed by atoms with Gasteiger partial charge in [-0.25, -0.2) is 4.39 Å². The van der Waals surface area contributed by atoms with E-state index in [4.69, 9.17) is 4.74 Å². The molecule has 1 heterocycles. The zero-order valence-electron chi connectivity index (χ0n) is 14.4. The standard InChI is InChI=1S/C20H23FN2O2/c1-25-19-9-5-4-8-18(19)23-11-10-15(14-23)13-22-20(24)12-16-6-2-3-7-17(16)21/h2-9,15H,10-14H2,1H3,(H,22,24). The van der Waals surface area contributed by atoms with Gasteiger partial charge >= 0.3 is 0 Å². The Kier molecular flexibility index (Phi) is 5.53. The molecule has 0 aromatic heterocycles. The van der Waals surface area contributed by atoms with Crippen molar-refractivity contribution in [2.24, 2.45) is 5.92 Å². The summed E-state index contributed by atoms with van der Waals surface area (Å²) in [5.41, 5.74) is 1.52. The molecule has 2 aromatic rings. The van der Waals surface area contributed by atoms with Gasteiger partial charge in [-0.1, -0.05) is 30.3 Å². The summed E-state index contributed by atoms with van der Waals surface area (Å²) < 4.78 is 19.0. The number of rotatable bonds is 6. The number of halogens is 1. The number of nitrogens with one attached hydrogen (secondary N) is 1. The lowest BCUT2D eigenvalue weighted by Crippen LogP contribution is -2.32. The Morgan fingerprint density at radius 1 is 1.24 bits per heavy atom. The van der Waals surface area contributed by atoms with Gasteiger partial charge in [-0.05, 0) is 36.1 Å². The van der Waals surface area contributed by atoms with E-state index >= 15 is 0 Å². The lowest BCUT2D eigenvalue weighted by atomic mass is 10.1. The van der Waals surface area contributed by atoms with E-state index in [1.54, 1.807) is 25.3 Å². The Bertz CT molecular complexity index is 735. The first-order valence-electron chi connectivity index (χ1n) is 8.55. The molecule has 1 fully saturated rings. The van der Waals surface area contributed by atoms with E-state index in [0.717, 1.165) is 30.9 Å². The summed E-state index contributed by atoms with van der Waals surface area (Å²) in [6.07, 6.45) is 1.09. The quantitative estimate of drug-likeness (QED) is 0.877. The summed E-state index contributed by atoms with van der Waals surface area (Å²) >= 11 is 0. The van der Waals surface area contributed by atoms with Crippen LogP contribution in [0, 0.1) is 11.7 Å². The van der Waals surface area contributed by atoms with Crippen LogP contribution < -0.4 is 15.0 Å². The summed E-state index contributed by atoms with van der Waals surface area (Å²) in [7, 11) is 1.68. The second-order valence-electron chi connectivity index (χ2n) is 6.34. The third-order valence-electron chi connectivity index (χ3n) is 4.61. The van der Waals surface area contributed by atoms with Crippen molar-refractivity contribution >= 4 is 11.6 Å². The molecule has 0 saturated carbocycles. The Labute approximate surface area is 147 Å². The van der Waals surface area contributed by atoms with Gasteiger partial charge in [0.1, 0.15) is 11.6 Å². The number of hydrogen-bond donors (Lipinski definition) is 1. The van der Waals surface area contributed by atoms with Gasteiger partial charge < -0.3 is 15.0 Å². The van der Waals surface area contributed by atoms with Crippen LogP contribution in [-0.4, -0.2) is 32.7 Å². The first kappa shape index (κ1) is 17.3. The maximum absolute atomic E-state index is 13.6. The molecule has 25 heavy (non-hydrogen) atoms. The number of carbonyl (C=O) groups is 1. The smallest absolute Gasteiger partial charge is 0.224 e. The van der Waals surface area contributed by atoms with Crippen LogP contribution in [0.25, 0.3) is 0 Å². The molecular weight excluding hydrogens is 319 g/mol. The molecule has 1 atom stereocenters. The van der Waals surface area contributed by atoms with Gasteiger partial charge in [-0.3, -0.25) is 4.79 Å². The average Bonchev–Trinajstić information content (AvgIpc) is 3.11. The fourth-order valence-corrected chi connectivity index (χ4v) is 3.24. The largest absolute Gasteiger partial charge is 0.495 e. The van der Waals surface area contributed by atoms with E-state index < -0.39 is 0 Å². The van der Waals surface area contributed by atoms with Crippen LogP contribution in [0.4, 0.5) is 10.1 Å². The van der Waals surface area contributed by atoms with Crippen LogP contribution in [0.1, 0.15) is 12.0 Å². The molecule has 1 aliphatic rings. The highest BCUT2D eigenvalue weighted by molar-refractivity contribution is 5.78. The van der Waals surface area contributed by atoms with Gasteiger partial charge in [0.05, 0.1) is 19.2 Å². The summed E-state index contributed by atoms with van der Waals surface area (Å²) in [5.74, 6) is 0.780. The summed E-state index contributed by atoms with van der Waals surface area (Å²) in [5, 5.41) is 2.94. The molecule has 0 bridgehead atoms. The highest BCUT2D eigenvalue weighted by Crippen LogP contribution is 2.31. The fraction of sp³-hybridized carbons (Fsp3) is 0.350. The molecule has 1 saturated heterocycles. The molecule has 5 heteroatoms. The van der Waals surface area contributed by atoms with Crippen molar-refractivity contribution in [3.8, 4) is 5.75 Å². The average molecular weight is 342 g/mol. The number of benzene rings is 2. The Morgan fingerprint density at radius 2 is 2.00 bits per heavy atom. The molecule has 0 radical (unpaired) electrons. The lowest BCUT2D eigenvalue weighted by Gasteiger charge is -2.21. The third kappa shape index (κ3) is 4.29. The summed E-state index contributed by atoms with van der Waals surface area (Å²) in [6, 6.07) is 14.4. The molecule has 1 unspecified atom stereocenters. The van der Waals surface area contributed by atoms with Crippen molar-refractivity contribution in [2.45, 2.75) is 12.8 Å². The predicted molar refractivity (Wildman–Crippen MR) is 96.4 cm³/mol. The Morgan fingerprint density at radius 3 is 2.80 bits per heavy atom. The number of ether oxygens (including phenoxy) is 1. The molecular formula is C20H23FN2O2.